The molecule has 0 radical (unpaired) electrons. The number of benzene rings is 3. The summed E-state index contributed by atoms with van der Waals surface area (Å²) in [6.45, 7) is 1.29. The van der Waals surface area contributed by atoms with Crippen molar-refractivity contribution < 1.29 is 14.0 Å². The van der Waals surface area contributed by atoms with E-state index in [1.54, 1.807) is 23.1 Å². The lowest BCUT2D eigenvalue weighted by Crippen LogP contribution is -2.41. The first-order valence-corrected chi connectivity index (χ1v) is 12.9. The monoisotopic (exact) mass is 522 g/mol. The van der Waals surface area contributed by atoms with Gasteiger partial charge in [0.05, 0.1) is 20.8 Å². The van der Waals surface area contributed by atoms with E-state index in [-0.39, 0.29) is 17.8 Å². The molecule has 1 aliphatic rings. The molecule has 1 aliphatic heterocycles. The minimum atomic E-state index is -0.337. The lowest BCUT2D eigenvalue weighted by Gasteiger charge is -2.32. The largest absolute Gasteiger partial charge is 0.325 e. The van der Waals surface area contributed by atoms with Gasteiger partial charge in [-0.05, 0) is 79.3 Å². The zero-order chi connectivity index (χ0) is 25.1. The number of urea groups is 1. The van der Waals surface area contributed by atoms with Crippen molar-refractivity contribution in [2.24, 2.45) is 5.92 Å². The molecule has 3 amide bonds. The third-order valence-corrected chi connectivity index (χ3v) is 7.58. The smallest absolute Gasteiger partial charge is 0.321 e. The Morgan fingerprint density at radius 3 is 2.50 bits per heavy atom. The lowest BCUT2D eigenvalue weighted by atomic mass is 9.90. The third kappa shape index (κ3) is 5.66. The second-order valence-electron chi connectivity index (χ2n) is 8.83. The van der Waals surface area contributed by atoms with Crippen LogP contribution in [0.2, 0.25) is 5.02 Å². The molecule has 4 aromatic rings. The standard InChI is InChI=1S/C27H24ClFN4O2S/c28-22-16-18(5-10-21(22)25(34)32-26-31-23-3-1-2-4-24(23)36-26)15-17-11-13-33(14-12-17)27(35)30-20-8-6-19(29)7-9-20/h1-10,16-17H,11-15H2,(H,30,35)(H,31,32,34). The zero-order valence-electron chi connectivity index (χ0n) is 19.3. The minimum Gasteiger partial charge on any atom is -0.325 e. The molecular formula is C27H24ClFN4O2S. The van der Waals surface area contributed by atoms with Crippen LogP contribution in [-0.2, 0) is 6.42 Å². The summed E-state index contributed by atoms with van der Waals surface area (Å²) in [7, 11) is 0. The van der Waals surface area contributed by atoms with E-state index in [2.05, 4.69) is 15.6 Å². The highest BCUT2D eigenvalue weighted by Crippen LogP contribution is 2.28. The Labute approximate surface area is 217 Å². The van der Waals surface area contributed by atoms with Crippen molar-refractivity contribution in [1.82, 2.24) is 9.88 Å². The van der Waals surface area contributed by atoms with Crippen LogP contribution in [0.25, 0.3) is 10.2 Å². The van der Waals surface area contributed by atoms with Crippen molar-refractivity contribution >= 4 is 55.9 Å². The maximum Gasteiger partial charge on any atom is 0.321 e. The van der Waals surface area contributed by atoms with Gasteiger partial charge >= 0.3 is 6.03 Å². The van der Waals surface area contributed by atoms with Gasteiger partial charge in [0, 0.05) is 18.8 Å². The summed E-state index contributed by atoms with van der Waals surface area (Å²) < 4.78 is 14.1. The lowest BCUT2D eigenvalue weighted by molar-refractivity contribution is 0.102. The number of amides is 3. The first kappa shape index (κ1) is 24.2. The molecule has 0 bridgehead atoms. The summed E-state index contributed by atoms with van der Waals surface area (Å²) in [5.41, 5.74) is 2.89. The highest BCUT2D eigenvalue weighted by Gasteiger charge is 2.23. The van der Waals surface area contributed by atoms with Gasteiger partial charge in [-0.25, -0.2) is 14.2 Å². The van der Waals surface area contributed by atoms with Gasteiger partial charge in [0.2, 0.25) is 0 Å². The van der Waals surface area contributed by atoms with Crippen LogP contribution in [0.1, 0.15) is 28.8 Å². The second-order valence-corrected chi connectivity index (χ2v) is 10.3. The SMILES string of the molecule is O=C(Nc1nc2ccccc2s1)c1ccc(CC2CCN(C(=O)Nc3ccc(F)cc3)CC2)cc1Cl. The molecule has 0 spiro atoms. The molecular weight excluding hydrogens is 499 g/mol. The van der Waals surface area contributed by atoms with E-state index < -0.39 is 0 Å². The van der Waals surface area contributed by atoms with Gasteiger partial charge in [-0.15, -0.1) is 0 Å². The van der Waals surface area contributed by atoms with Gasteiger partial charge in [0.15, 0.2) is 5.13 Å². The predicted octanol–water partition coefficient (Wildman–Crippen LogP) is 6.83. The van der Waals surface area contributed by atoms with E-state index in [1.807, 2.05) is 36.4 Å². The maximum atomic E-state index is 13.1. The van der Waals surface area contributed by atoms with Crippen LogP contribution >= 0.6 is 22.9 Å². The third-order valence-electron chi connectivity index (χ3n) is 6.31. The fourth-order valence-electron chi connectivity index (χ4n) is 4.37. The van der Waals surface area contributed by atoms with Gasteiger partial charge in [-0.3, -0.25) is 10.1 Å². The van der Waals surface area contributed by atoms with Gasteiger partial charge in [-0.2, -0.15) is 0 Å². The van der Waals surface area contributed by atoms with E-state index in [9.17, 15) is 14.0 Å². The number of likely N-dealkylation sites (tertiary alicyclic amines) is 1. The predicted molar refractivity (Wildman–Crippen MR) is 142 cm³/mol. The highest BCUT2D eigenvalue weighted by molar-refractivity contribution is 7.22. The van der Waals surface area contributed by atoms with Crippen LogP contribution in [0.3, 0.4) is 0 Å². The zero-order valence-corrected chi connectivity index (χ0v) is 20.9. The Balaban J connectivity index is 1.14. The fourth-order valence-corrected chi connectivity index (χ4v) is 5.52. The number of nitrogens with one attached hydrogen (secondary N) is 2. The minimum absolute atomic E-state index is 0.174. The number of aromatic nitrogens is 1. The van der Waals surface area contributed by atoms with Gasteiger partial charge in [0.25, 0.3) is 5.91 Å². The Morgan fingerprint density at radius 2 is 1.78 bits per heavy atom. The number of fused-ring (bicyclic) bond motifs is 1. The van der Waals surface area contributed by atoms with Gasteiger partial charge in [-0.1, -0.05) is 41.1 Å². The van der Waals surface area contributed by atoms with Crippen LogP contribution in [-0.4, -0.2) is 34.9 Å². The molecule has 1 saturated heterocycles. The Kier molecular flexibility index (Phi) is 7.16. The summed E-state index contributed by atoms with van der Waals surface area (Å²) >= 11 is 7.90. The Hall–Kier alpha value is -3.49. The summed E-state index contributed by atoms with van der Waals surface area (Å²) in [6, 6.07) is 18.8. The molecule has 0 atom stereocenters. The van der Waals surface area contributed by atoms with Crippen LogP contribution in [0, 0.1) is 11.7 Å². The topological polar surface area (TPSA) is 74.3 Å². The number of carbonyl (C=O) groups excluding carboxylic acids is 2. The summed E-state index contributed by atoms with van der Waals surface area (Å²) in [5, 5.41) is 6.60. The van der Waals surface area contributed by atoms with E-state index in [4.69, 9.17) is 11.6 Å². The highest BCUT2D eigenvalue weighted by atomic mass is 35.5. The summed E-state index contributed by atoms with van der Waals surface area (Å²) in [6.07, 6.45) is 2.56. The van der Waals surface area contributed by atoms with Crippen molar-refractivity contribution in [3.8, 4) is 0 Å². The number of piperidine rings is 1. The molecule has 6 nitrogen and oxygen atoms in total. The van der Waals surface area contributed by atoms with Crippen LogP contribution < -0.4 is 10.6 Å². The van der Waals surface area contributed by atoms with Crippen LogP contribution in [0.15, 0.2) is 66.7 Å². The number of carbonyl (C=O) groups is 2. The van der Waals surface area contributed by atoms with Gasteiger partial charge in [0.1, 0.15) is 5.82 Å². The molecule has 0 unspecified atom stereocenters. The van der Waals surface area contributed by atoms with E-state index in [1.165, 1.54) is 23.5 Å². The molecule has 1 aromatic heterocycles. The van der Waals surface area contributed by atoms with Crippen molar-refractivity contribution in [2.45, 2.75) is 19.3 Å². The molecule has 184 valence electrons. The molecule has 0 saturated carbocycles. The number of hydrogen-bond donors (Lipinski definition) is 2. The molecule has 9 heteroatoms. The molecule has 5 rings (SSSR count). The quantitative estimate of drug-likeness (QED) is 0.302. The maximum absolute atomic E-state index is 13.1. The molecule has 3 aromatic carbocycles. The number of para-hydroxylation sites is 1. The number of hydrogen-bond acceptors (Lipinski definition) is 4. The van der Waals surface area contributed by atoms with Crippen molar-refractivity contribution in [3.63, 3.8) is 0 Å². The second kappa shape index (κ2) is 10.6. The summed E-state index contributed by atoms with van der Waals surface area (Å²) in [5.74, 6) is -0.208. The first-order chi connectivity index (χ1) is 17.4. The normalized spacial score (nSPS) is 14.1. The number of thiazole rings is 1. The molecule has 0 aliphatic carbocycles. The fraction of sp³-hybridized carbons (Fsp3) is 0.222. The van der Waals surface area contributed by atoms with E-state index in [0.717, 1.165) is 35.0 Å². The molecule has 2 N–H and O–H groups in total. The number of anilines is 2. The number of nitrogens with zero attached hydrogens (tertiary/aromatic N) is 2. The Morgan fingerprint density at radius 1 is 1.03 bits per heavy atom. The molecule has 1 fully saturated rings. The number of halogens is 2. The van der Waals surface area contributed by atoms with Crippen molar-refractivity contribution in [1.29, 1.82) is 0 Å². The first-order valence-electron chi connectivity index (χ1n) is 11.7. The van der Waals surface area contributed by atoms with Crippen LogP contribution in [0.5, 0.6) is 0 Å². The van der Waals surface area contributed by atoms with Crippen molar-refractivity contribution in [2.75, 3.05) is 23.7 Å². The van der Waals surface area contributed by atoms with E-state index >= 15 is 0 Å². The molecule has 36 heavy (non-hydrogen) atoms. The van der Waals surface area contributed by atoms with Gasteiger partial charge < -0.3 is 10.2 Å². The average Bonchev–Trinajstić information content (AvgIpc) is 3.28. The van der Waals surface area contributed by atoms with E-state index in [0.29, 0.717) is 40.4 Å². The summed E-state index contributed by atoms with van der Waals surface area (Å²) in [4.78, 5) is 31.5. The van der Waals surface area contributed by atoms with Crippen LogP contribution in [0.4, 0.5) is 20.0 Å². The number of rotatable bonds is 5. The average molecular weight is 523 g/mol. The Bertz CT molecular complexity index is 1370. The molecule has 2 heterocycles. The van der Waals surface area contributed by atoms with Crippen molar-refractivity contribution in [3.05, 3.63) is 88.7 Å².